The van der Waals surface area contributed by atoms with Gasteiger partial charge in [-0.3, -0.25) is 9.59 Å². The van der Waals surface area contributed by atoms with Gasteiger partial charge in [-0.25, -0.2) is 0 Å². The van der Waals surface area contributed by atoms with E-state index in [-0.39, 0.29) is 11.6 Å². The first-order valence-electron chi connectivity index (χ1n) is 15.3. The predicted molar refractivity (Wildman–Crippen MR) is 174 cm³/mol. The van der Waals surface area contributed by atoms with Crippen LogP contribution in [0.5, 0.6) is 11.5 Å². The SMILES string of the molecule is CCCOc1ccc2[nH]cc(CNCCCNC3=CC(=O)C(NCCCNCc4c[nH]c5ccc(OC)cc45)=CC3=O)c2c1. The molecule has 1 aliphatic rings. The summed E-state index contributed by atoms with van der Waals surface area (Å²) in [5.74, 6) is 1.34. The third-order valence-electron chi connectivity index (χ3n) is 7.59. The van der Waals surface area contributed by atoms with Gasteiger partial charge in [-0.15, -0.1) is 0 Å². The number of ketones is 2. The number of aromatic nitrogens is 2. The third-order valence-corrected chi connectivity index (χ3v) is 7.59. The fourth-order valence-electron chi connectivity index (χ4n) is 5.20. The van der Waals surface area contributed by atoms with Crippen molar-refractivity contribution in [1.82, 2.24) is 31.2 Å². The van der Waals surface area contributed by atoms with Crippen LogP contribution >= 0.6 is 0 Å². The van der Waals surface area contributed by atoms with Crippen molar-refractivity contribution in [3.05, 3.63) is 83.5 Å². The molecule has 10 heteroatoms. The maximum atomic E-state index is 12.6. The molecule has 5 rings (SSSR count). The zero-order chi connectivity index (χ0) is 30.7. The van der Waals surface area contributed by atoms with Crippen LogP contribution in [-0.4, -0.2) is 61.4 Å². The number of aromatic amines is 2. The molecule has 0 saturated carbocycles. The second-order valence-electron chi connectivity index (χ2n) is 10.9. The zero-order valence-corrected chi connectivity index (χ0v) is 25.5. The number of methoxy groups -OCH3 is 1. The number of benzene rings is 2. The second-order valence-corrected chi connectivity index (χ2v) is 10.9. The average molecular weight is 599 g/mol. The molecule has 0 unspecified atom stereocenters. The molecule has 0 saturated heterocycles. The largest absolute Gasteiger partial charge is 0.497 e. The molecule has 2 aromatic heterocycles. The molecule has 0 atom stereocenters. The van der Waals surface area contributed by atoms with E-state index in [9.17, 15) is 9.59 Å². The molecule has 6 N–H and O–H groups in total. The molecule has 0 fully saturated rings. The van der Waals surface area contributed by atoms with E-state index in [2.05, 4.69) is 44.2 Å². The number of allylic oxidation sites excluding steroid dienone is 2. The minimum Gasteiger partial charge on any atom is -0.497 e. The summed E-state index contributed by atoms with van der Waals surface area (Å²) in [4.78, 5) is 31.8. The van der Waals surface area contributed by atoms with E-state index in [1.807, 2.05) is 42.7 Å². The molecule has 2 aromatic carbocycles. The lowest BCUT2D eigenvalue weighted by molar-refractivity contribution is -0.115. The van der Waals surface area contributed by atoms with Crippen LogP contribution in [0.4, 0.5) is 0 Å². The normalized spacial score (nSPS) is 13.3. The van der Waals surface area contributed by atoms with Crippen LogP contribution < -0.4 is 30.7 Å². The van der Waals surface area contributed by atoms with Crippen LogP contribution in [0.2, 0.25) is 0 Å². The molecule has 1 aliphatic carbocycles. The van der Waals surface area contributed by atoms with Crippen LogP contribution in [0.1, 0.15) is 37.3 Å². The monoisotopic (exact) mass is 598 g/mol. The minimum atomic E-state index is -0.187. The minimum absolute atomic E-state index is 0.187. The van der Waals surface area contributed by atoms with Gasteiger partial charge in [0.25, 0.3) is 0 Å². The van der Waals surface area contributed by atoms with Crippen LogP contribution in [-0.2, 0) is 22.7 Å². The highest BCUT2D eigenvalue weighted by Crippen LogP contribution is 2.25. The first kappa shape index (κ1) is 30.9. The second kappa shape index (κ2) is 15.3. The van der Waals surface area contributed by atoms with E-state index >= 15 is 0 Å². The Hall–Kier alpha value is -4.54. The Morgan fingerprint density at radius 3 is 1.75 bits per heavy atom. The fraction of sp³-hybridized carbons (Fsp3) is 0.353. The summed E-state index contributed by atoms with van der Waals surface area (Å²) < 4.78 is 11.1. The van der Waals surface area contributed by atoms with Gasteiger partial charge in [0.2, 0.25) is 11.6 Å². The number of hydrogen-bond acceptors (Lipinski definition) is 8. The molecule has 0 aliphatic heterocycles. The van der Waals surface area contributed by atoms with Gasteiger partial charge in [0.1, 0.15) is 11.5 Å². The van der Waals surface area contributed by atoms with Crippen molar-refractivity contribution >= 4 is 33.4 Å². The molecule has 0 spiro atoms. The van der Waals surface area contributed by atoms with Gasteiger partial charge in [-0.2, -0.15) is 0 Å². The van der Waals surface area contributed by atoms with Crippen molar-refractivity contribution in [3.8, 4) is 11.5 Å². The zero-order valence-electron chi connectivity index (χ0n) is 25.5. The van der Waals surface area contributed by atoms with Crippen LogP contribution in [0.15, 0.2) is 72.3 Å². The summed E-state index contributed by atoms with van der Waals surface area (Å²) in [7, 11) is 1.67. The molecule has 2 heterocycles. The van der Waals surface area contributed by atoms with Crippen molar-refractivity contribution in [2.45, 2.75) is 39.3 Å². The Morgan fingerprint density at radius 2 is 1.23 bits per heavy atom. The number of carbonyl (C=O) groups excluding carboxylic acids is 2. The smallest absolute Gasteiger partial charge is 0.203 e. The Balaban J connectivity index is 0.965. The number of carbonyl (C=O) groups is 2. The quantitative estimate of drug-likeness (QED) is 0.0742. The standard InChI is InChI=1S/C34H42N6O4/c1-3-14-44-26-7-9-30-28(16-26)24(22-40-30)20-36-11-5-13-38-32-18-33(41)31(17-34(32)42)37-12-4-10-35-19-23-21-39-29-8-6-25(43-2)15-27(23)29/h6-9,15-18,21-22,35-40H,3-5,10-14,19-20H2,1-2H3. The van der Waals surface area contributed by atoms with Gasteiger partial charge < -0.3 is 40.7 Å². The first-order valence-corrected chi connectivity index (χ1v) is 15.3. The molecule has 4 aromatic rings. The molecular formula is C34H42N6O4. The number of nitrogens with one attached hydrogen (secondary N) is 6. The van der Waals surface area contributed by atoms with E-state index in [4.69, 9.17) is 9.47 Å². The number of hydrogen-bond donors (Lipinski definition) is 6. The van der Waals surface area contributed by atoms with Gasteiger partial charge in [0.05, 0.1) is 25.1 Å². The van der Waals surface area contributed by atoms with E-state index in [1.165, 1.54) is 23.3 Å². The highest BCUT2D eigenvalue weighted by molar-refractivity contribution is 6.19. The lowest BCUT2D eigenvalue weighted by atomic mass is 10.1. The molecule has 0 amide bonds. The molecule has 44 heavy (non-hydrogen) atoms. The number of ether oxygens (including phenoxy) is 2. The summed E-state index contributed by atoms with van der Waals surface area (Å²) in [5.41, 5.74) is 5.19. The Morgan fingerprint density at radius 1 is 0.705 bits per heavy atom. The number of H-pyrrole nitrogens is 2. The van der Waals surface area contributed by atoms with Crippen LogP contribution in [0.3, 0.4) is 0 Å². The van der Waals surface area contributed by atoms with Gasteiger partial charge in [-0.05, 0) is 79.9 Å². The van der Waals surface area contributed by atoms with E-state index in [0.717, 1.165) is 78.7 Å². The molecular weight excluding hydrogens is 556 g/mol. The van der Waals surface area contributed by atoms with Crippen molar-refractivity contribution in [3.63, 3.8) is 0 Å². The van der Waals surface area contributed by atoms with Crippen molar-refractivity contribution in [2.75, 3.05) is 39.9 Å². The van der Waals surface area contributed by atoms with Gasteiger partial charge in [0, 0.05) is 72.5 Å². The Bertz CT molecular complexity index is 1650. The molecule has 232 valence electrons. The number of rotatable bonds is 18. The predicted octanol–water partition coefficient (Wildman–Crippen LogP) is 4.21. The summed E-state index contributed by atoms with van der Waals surface area (Å²) >= 11 is 0. The summed E-state index contributed by atoms with van der Waals surface area (Å²) in [6.07, 6.45) is 9.40. The van der Waals surface area contributed by atoms with E-state index < -0.39 is 0 Å². The fourth-order valence-corrected chi connectivity index (χ4v) is 5.20. The highest BCUT2D eigenvalue weighted by Gasteiger charge is 2.19. The summed E-state index contributed by atoms with van der Waals surface area (Å²) in [6.45, 7) is 6.96. The van der Waals surface area contributed by atoms with Gasteiger partial charge in [0.15, 0.2) is 0 Å². The van der Waals surface area contributed by atoms with Crippen molar-refractivity contribution in [2.24, 2.45) is 0 Å². The maximum absolute atomic E-state index is 12.6. The van der Waals surface area contributed by atoms with Crippen LogP contribution in [0.25, 0.3) is 21.8 Å². The molecule has 10 nitrogen and oxygen atoms in total. The van der Waals surface area contributed by atoms with E-state index in [1.54, 1.807) is 7.11 Å². The Kier molecular flexibility index (Phi) is 10.7. The van der Waals surface area contributed by atoms with E-state index in [0.29, 0.717) is 31.1 Å². The topological polar surface area (TPSA) is 132 Å². The summed E-state index contributed by atoms with van der Waals surface area (Å²) in [6, 6.07) is 12.1. The third kappa shape index (κ3) is 7.89. The summed E-state index contributed by atoms with van der Waals surface area (Å²) in [5, 5.41) is 15.4. The Labute approximate surface area is 257 Å². The maximum Gasteiger partial charge on any atom is 0.203 e. The molecule has 0 bridgehead atoms. The number of fused-ring (bicyclic) bond motifs is 2. The van der Waals surface area contributed by atoms with Gasteiger partial charge in [-0.1, -0.05) is 6.92 Å². The van der Waals surface area contributed by atoms with Crippen molar-refractivity contribution in [1.29, 1.82) is 0 Å². The molecule has 0 radical (unpaired) electrons. The highest BCUT2D eigenvalue weighted by atomic mass is 16.5. The van der Waals surface area contributed by atoms with Gasteiger partial charge >= 0.3 is 0 Å². The van der Waals surface area contributed by atoms with Crippen LogP contribution in [0, 0.1) is 0 Å². The lowest BCUT2D eigenvalue weighted by Crippen LogP contribution is -2.31. The average Bonchev–Trinajstić information content (AvgIpc) is 3.64. The van der Waals surface area contributed by atoms with Crippen molar-refractivity contribution < 1.29 is 19.1 Å². The first-order chi connectivity index (χ1) is 21.6. The lowest BCUT2D eigenvalue weighted by Gasteiger charge is -2.15.